The molecule has 0 aliphatic heterocycles. The van der Waals surface area contributed by atoms with Crippen molar-refractivity contribution < 1.29 is 4.92 Å². The van der Waals surface area contributed by atoms with Gasteiger partial charge in [0, 0.05) is 19.2 Å². The van der Waals surface area contributed by atoms with Crippen LogP contribution in [-0.2, 0) is 13.0 Å². The second kappa shape index (κ2) is 7.40. The number of nitro groups is 1. The number of nitrogens with one attached hydrogen (secondary N) is 1. The number of rotatable bonds is 6. The zero-order chi connectivity index (χ0) is 15.1. The lowest BCUT2D eigenvalue weighted by atomic mass is 10.1. The van der Waals surface area contributed by atoms with Crippen LogP contribution >= 0.6 is 11.6 Å². The highest BCUT2D eigenvalue weighted by Gasteiger charge is 2.05. The van der Waals surface area contributed by atoms with Crippen LogP contribution in [0.2, 0.25) is 5.15 Å². The van der Waals surface area contributed by atoms with E-state index in [-0.39, 0.29) is 0 Å². The Hall–Kier alpha value is -2.40. The number of nitrogens with zero attached hydrogens (tertiary/aromatic N) is 2. The Kier molecular flexibility index (Phi) is 5.29. The molecule has 0 aliphatic carbocycles. The van der Waals surface area contributed by atoms with E-state index in [1.54, 1.807) is 18.3 Å². The van der Waals surface area contributed by atoms with Crippen LogP contribution in [0.25, 0.3) is 0 Å². The number of hydrogen-bond acceptors (Lipinski definition) is 4. The van der Waals surface area contributed by atoms with Gasteiger partial charge in [-0.25, -0.2) is 4.98 Å². The number of benzene rings is 1. The van der Waals surface area contributed by atoms with Gasteiger partial charge in [0.1, 0.15) is 5.15 Å². The van der Waals surface area contributed by atoms with E-state index in [0.717, 1.165) is 17.3 Å². The molecule has 2 rings (SSSR count). The Morgan fingerprint density at radius 2 is 2.00 bits per heavy atom. The summed E-state index contributed by atoms with van der Waals surface area (Å²) in [5.41, 5.74) is 2.43. The topological polar surface area (TPSA) is 68.1 Å². The highest BCUT2D eigenvalue weighted by molar-refractivity contribution is 6.29. The Bertz CT molecular complexity index is 627. The molecule has 0 aliphatic rings. The van der Waals surface area contributed by atoms with Gasteiger partial charge in [-0.1, -0.05) is 48.0 Å². The molecule has 108 valence electrons. The molecule has 0 radical (unpaired) electrons. The summed E-state index contributed by atoms with van der Waals surface area (Å²) >= 11 is 5.72. The molecule has 0 unspecified atom stereocenters. The van der Waals surface area contributed by atoms with Gasteiger partial charge in [0.25, 0.3) is 6.20 Å². The second-order valence-corrected chi connectivity index (χ2v) is 4.83. The molecular weight excluding hydrogens is 290 g/mol. The Morgan fingerprint density at radius 1 is 1.24 bits per heavy atom. The minimum atomic E-state index is -0.462. The summed E-state index contributed by atoms with van der Waals surface area (Å²) in [6.45, 7) is 0.529. The molecule has 21 heavy (non-hydrogen) atoms. The van der Waals surface area contributed by atoms with E-state index in [4.69, 9.17) is 11.6 Å². The summed E-state index contributed by atoms with van der Waals surface area (Å²) in [5, 5.41) is 14.2. The number of halogens is 1. The molecule has 0 bridgehead atoms. The normalized spacial score (nSPS) is 11.2. The summed E-state index contributed by atoms with van der Waals surface area (Å²) in [4.78, 5) is 14.2. The van der Waals surface area contributed by atoms with Crippen LogP contribution in [0.15, 0.2) is 60.6 Å². The van der Waals surface area contributed by atoms with Crippen molar-refractivity contribution in [3.05, 3.63) is 87.0 Å². The van der Waals surface area contributed by atoms with E-state index in [1.165, 1.54) is 0 Å². The molecule has 0 spiro atoms. The lowest BCUT2D eigenvalue weighted by Crippen LogP contribution is -2.16. The maximum atomic E-state index is 10.7. The third-order valence-corrected chi connectivity index (χ3v) is 3.03. The van der Waals surface area contributed by atoms with Crippen molar-refractivity contribution in [3.63, 3.8) is 0 Å². The molecule has 1 aromatic heterocycles. The van der Waals surface area contributed by atoms with Gasteiger partial charge in [0.15, 0.2) is 0 Å². The number of allylic oxidation sites excluding steroid dienone is 1. The van der Waals surface area contributed by atoms with Gasteiger partial charge in [-0.3, -0.25) is 10.1 Å². The van der Waals surface area contributed by atoms with Gasteiger partial charge < -0.3 is 5.32 Å². The van der Waals surface area contributed by atoms with Gasteiger partial charge >= 0.3 is 0 Å². The van der Waals surface area contributed by atoms with Crippen LogP contribution in [0.3, 0.4) is 0 Å². The van der Waals surface area contributed by atoms with Crippen molar-refractivity contribution in [2.75, 3.05) is 0 Å². The summed E-state index contributed by atoms with van der Waals surface area (Å²) in [7, 11) is 0. The fourth-order valence-electron chi connectivity index (χ4n) is 1.82. The summed E-state index contributed by atoms with van der Waals surface area (Å²) < 4.78 is 0. The van der Waals surface area contributed by atoms with Crippen LogP contribution in [0.4, 0.5) is 0 Å². The smallest absolute Gasteiger partial charge is 0.253 e. The summed E-state index contributed by atoms with van der Waals surface area (Å²) in [5.74, 6) is 0. The molecule has 1 N–H and O–H groups in total. The minimum Gasteiger partial charge on any atom is -0.379 e. The fraction of sp³-hybridized carbons (Fsp3) is 0.133. The van der Waals surface area contributed by atoms with Crippen LogP contribution < -0.4 is 5.32 Å². The standard InChI is InChI=1S/C15H14ClN3O2/c16-15-7-6-13(10-18-15)8-14(11-19(20)21)17-9-12-4-2-1-3-5-12/h1-7,10-11,17H,8-9H2. The molecule has 1 heterocycles. The number of pyridine rings is 1. The Balaban J connectivity index is 2.04. The first-order valence-corrected chi connectivity index (χ1v) is 6.74. The molecule has 0 fully saturated rings. The van der Waals surface area contributed by atoms with Gasteiger partial charge in [0.05, 0.1) is 10.6 Å². The molecule has 1 aromatic carbocycles. The maximum absolute atomic E-state index is 10.7. The molecule has 6 heteroatoms. The van der Waals surface area contributed by atoms with Crippen molar-refractivity contribution in [1.82, 2.24) is 10.3 Å². The number of hydrogen-bond donors (Lipinski definition) is 1. The van der Waals surface area contributed by atoms with Gasteiger partial charge in [0.2, 0.25) is 0 Å². The van der Waals surface area contributed by atoms with Crippen LogP contribution in [0.1, 0.15) is 11.1 Å². The first-order valence-electron chi connectivity index (χ1n) is 6.36. The van der Waals surface area contributed by atoms with E-state index >= 15 is 0 Å². The Labute approximate surface area is 127 Å². The highest BCUT2D eigenvalue weighted by atomic mass is 35.5. The zero-order valence-corrected chi connectivity index (χ0v) is 12.0. The van der Waals surface area contributed by atoms with Crippen LogP contribution in [0, 0.1) is 10.1 Å². The summed E-state index contributed by atoms with van der Waals surface area (Å²) in [6.07, 6.45) is 3.00. The molecule has 0 amide bonds. The first kappa shape index (κ1) is 15.0. The van der Waals surface area contributed by atoms with E-state index in [1.807, 2.05) is 30.3 Å². The van der Waals surface area contributed by atoms with Crippen molar-refractivity contribution >= 4 is 11.6 Å². The Morgan fingerprint density at radius 3 is 2.62 bits per heavy atom. The molecule has 0 atom stereocenters. The zero-order valence-electron chi connectivity index (χ0n) is 11.2. The van der Waals surface area contributed by atoms with E-state index in [2.05, 4.69) is 10.3 Å². The average Bonchev–Trinajstić information content (AvgIpc) is 2.48. The monoisotopic (exact) mass is 303 g/mol. The predicted molar refractivity (Wildman–Crippen MR) is 81.3 cm³/mol. The second-order valence-electron chi connectivity index (χ2n) is 4.44. The van der Waals surface area contributed by atoms with E-state index < -0.39 is 4.92 Å². The average molecular weight is 304 g/mol. The predicted octanol–water partition coefficient (Wildman–Crippen LogP) is 3.19. The highest BCUT2D eigenvalue weighted by Crippen LogP contribution is 2.10. The van der Waals surface area contributed by atoms with Crippen LogP contribution in [-0.4, -0.2) is 9.91 Å². The van der Waals surface area contributed by atoms with Crippen molar-refractivity contribution in [2.24, 2.45) is 0 Å². The van der Waals surface area contributed by atoms with Crippen molar-refractivity contribution in [3.8, 4) is 0 Å². The molecule has 0 saturated carbocycles. The third kappa shape index (κ3) is 5.24. The third-order valence-electron chi connectivity index (χ3n) is 2.81. The maximum Gasteiger partial charge on any atom is 0.253 e. The molecule has 2 aromatic rings. The van der Waals surface area contributed by atoms with Crippen molar-refractivity contribution in [1.29, 1.82) is 0 Å². The fourth-order valence-corrected chi connectivity index (χ4v) is 1.94. The molecular formula is C15H14ClN3O2. The lowest BCUT2D eigenvalue weighted by molar-refractivity contribution is -0.403. The molecule has 5 nitrogen and oxygen atoms in total. The molecule has 0 saturated heterocycles. The first-order chi connectivity index (χ1) is 10.1. The van der Waals surface area contributed by atoms with Crippen LogP contribution in [0.5, 0.6) is 0 Å². The van der Waals surface area contributed by atoms with Gasteiger partial charge in [-0.05, 0) is 17.2 Å². The number of aromatic nitrogens is 1. The van der Waals surface area contributed by atoms with Gasteiger partial charge in [-0.2, -0.15) is 0 Å². The summed E-state index contributed by atoms with van der Waals surface area (Å²) in [6, 6.07) is 13.2. The lowest BCUT2D eigenvalue weighted by Gasteiger charge is -2.09. The van der Waals surface area contributed by atoms with Crippen molar-refractivity contribution in [2.45, 2.75) is 13.0 Å². The minimum absolute atomic E-state index is 0.399. The van der Waals surface area contributed by atoms with E-state index in [9.17, 15) is 10.1 Å². The SMILES string of the molecule is O=[N+]([O-])C=C(Cc1ccc(Cl)nc1)NCc1ccccc1. The van der Waals surface area contributed by atoms with Gasteiger partial charge in [-0.15, -0.1) is 0 Å². The van der Waals surface area contributed by atoms with E-state index in [0.29, 0.717) is 23.8 Å². The largest absolute Gasteiger partial charge is 0.379 e. The quantitative estimate of drug-likeness (QED) is 0.505.